The summed E-state index contributed by atoms with van der Waals surface area (Å²) in [4.78, 5) is 29.3. The van der Waals surface area contributed by atoms with Gasteiger partial charge in [-0.15, -0.1) is 5.06 Å². The molecule has 0 atom stereocenters. The molecule has 2 amide bonds. The third kappa shape index (κ3) is 2.68. The van der Waals surface area contributed by atoms with E-state index in [0.29, 0.717) is 21.9 Å². The molecule has 0 N–H and O–H groups in total. The van der Waals surface area contributed by atoms with E-state index in [2.05, 4.69) is 0 Å². The van der Waals surface area contributed by atoms with Crippen molar-refractivity contribution in [2.45, 2.75) is 0 Å². The molecule has 5 nitrogen and oxygen atoms in total. The van der Waals surface area contributed by atoms with Crippen LogP contribution in [0.25, 0.3) is 0 Å². The van der Waals surface area contributed by atoms with Crippen LogP contribution in [-0.2, 0) is 4.84 Å². The van der Waals surface area contributed by atoms with Gasteiger partial charge in [-0.05, 0) is 24.3 Å². The molecule has 0 fully saturated rings. The second-order valence-corrected chi connectivity index (χ2v) is 4.97. The van der Waals surface area contributed by atoms with Crippen LogP contribution in [0.1, 0.15) is 20.7 Å². The molecule has 112 valence electrons. The number of fused-ring (bicyclic) bond motifs is 1. The highest BCUT2D eigenvalue weighted by Gasteiger charge is 2.36. The van der Waals surface area contributed by atoms with Gasteiger partial charge in [-0.25, -0.2) is 0 Å². The number of hydrogen-bond acceptors (Lipinski definition) is 4. The van der Waals surface area contributed by atoms with Crippen LogP contribution in [0.2, 0.25) is 5.02 Å². The summed E-state index contributed by atoms with van der Waals surface area (Å²) in [7, 11) is 0. The molecule has 22 heavy (non-hydrogen) atoms. The van der Waals surface area contributed by atoms with E-state index in [9.17, 15) is 9.59 Å². The van der Waals surface area contributed by atoms with Crippen LogP contribution in [0.15, 0.2) is 48.5 Å². The van der Waals surface area contributed by atoms with Gasteiger partial charge in [0, 0.05) is 0 Å². The summed E-state index contributed by atoms with van der Waals surface area (Å²) in [6, 6.07) is 13.6. The van der Waals surface area contributed by atoms with Crippen molar-refractivity contribution in [3.05, 3.63) is 64.7 Å². The molecule has 1 aliphatic rings. The fraction of sp³-hybridized carbons (Fsp3) is 0.125. The van der Waals surface area contributed by atoms with E-state index in [-0.39, 0.29) is 13.2 Å². The van der Waals surface area contributed by atoms with Crippen LogP contribution in [0, 0.1) is 0 Å². The average Bonchev–Trinajstić information content (AvgIpc) is 2.78. The van der Waals surface area contributed by atoms with Gasteiger partial charge in [-0.2, -0.15) is 0 Å². The summed E-state index contributed by atoms with van der Waals surface area (Å²) in [5.74, 6) is -0.396. The van der Waals surface area contributed by atoms with Gasteiger partial charge in [0.15, 0.2) is 0 Å². The summed E-state index contributed by atoms with van der Waals surface area (Å²) >= 11 is 5.95. The summed E-state index contributed by atoms with van der Waals surface area (Å²) in [6.07, 6.45) is 0. The standard InChI is InChI=1S/C16H12ClNO4/c17-13-7-3-4-8-14(13)21-9-10-22-18-15(19)11-5-1-2-6-12(11)16(18)20/h1-8H,9-10H2. The van der Waals surface area contributed by atoms with Gasteiger partial charge in [-0.1, -0.05) is 35.9 Å². The lowest BCUT2D eigenvalue weighted by Crippen LogP contribution is -2.31. The number of carbonyl (C=O) groups is 2. The number of nitrogens with zero attached hydrogens (tertiary/aromatic N) is 1. The molecule has 0 spiro atoms. The maximum absolute atomic E-state index is 12.0. The largest absolute Gasteiger partial charge is 0.490 e. The highest BCUT2D eigenvalue weighted by molar-refractivity contribution is 6.32. The van der Waals surface area contributed by atoms with E-state index in [1.54, 1.807) is 48.5 Å². The minimum atomic E-state index is -0.460. The van der Waals surface area contributed by atoms with Crippen molar-refractivity contribution in [2.24, 2.45) is 0 Å². The first kappa shape index (κ1) is 14.6. The first-order chi connectivity index (χ1) is 10.7. The second-order valence-electron chi connectivity index (χ2n) is 4.56. The topological polar surface area (TPSA) is 55.8 Å². The van der Waals surface area contributed by atoms with Crippen LogP contribution >= 0.6 is 11.6 Å². The molecule has 0 bridgehead atoms. The molecule has 3 rings (SSSR count). The Morgan fingerprint density at radius 1 is 0.864 bits per heavy atom. The monoisotopic (exact) mass is 317 g/mol. The van der Waals surface area contributed by atoms with Gasteiger partial charge in [-0.3, -0.25) is 14.4 Å². The number of benzene rings is 2. The molecule has 0 aliphatic carbocycles. The molecule has 0 unspecified atom stereocenters. The van der Waals surface area contributed by atoms with Crippen LogP contribution in [-0.4, -0.2) is 30.1 Å². The highest BCUT2D eigenvalue weighted by atomic mass is 35.5. The maximum Gasteiger partial charge on any atom is 0.285 e. The zero-order valence-electron chi connectivity index (χ0n) is 11.5. The fourth-order valence-corrected chi connectivity index (χ4v) is 2.32. The van der Waals surface area contributed by atoms with Gasteiger partial charge in [0.25, 0.3) is 11.8 Å². The van der Waals surface area contributed by atoms with Gasteiger partial charge in [0.2, 0.25) is 0 Å². The number of hydroxylamine groups is 2. The summed E-state index contributed by atoms with van der Waals surface area (Å²) in [6.45, 7) is 0.216. The first-order valence-electron chi connectivity index (χ1n) is 6.66. The third-order valence-electron chi connectivity index (χ3n) is 3.15. The molecule has 0 aromatic heterocycles. The lowest BCUT2D eigenvalue weighted by Gasteiger charge is -2.14. The highest BCUT2D eigenvalue weighted by Crippen LogP contribution is 2.24. The van der Waals surface area contributed by atoms with Crippen molar-refractivity contribution in [3.8, 4) is 5.75 Å². The molecule has 0 saturated heterocycles. The number of hydrogen-bond donors (Lipinski definition) is 0. The number of imide groups is 1. The van der Waals surface area contributed by atoms with E-state index in [1.807, 2.05) is 0 Å². The Bertz CT molecular complexity index is 697. The number of rotatable bonds is 5. The van der Waals surface area contributed by atoms with Crippen molar-refractivity contribution in [1.82, 2.24) is 5.06 Å². The summed E-state index contributed by atoms with van der Waals surface area (Å²) in [5.41, 5.74) is 0.694. The van der Waals surface area contributed by atoms with Crippen LogP contribution < -0.4 is 4.74 Å². The average molecular weight is 318 g/mol. The molecule has 2 aromatic rings. The zero-order chi connectivity index (χ0) is 15.5. The molecule has 1 aliphatic heterocycles. The van der Waals surface area contributed by atoms with Crippen molar-refractivity contribution >= 4 is 23.4 Å². The normalized spacial score (nSPS) is 13.4. The Morgan fingerprint density at radius 2 is 1.45 bits per heavy atom. The van der Waals surface area contributed by atoms with Gasteiger partial charge in [0.05, 0.1) is 16.1 Å². The lowest BCUT2D eigenvalue weighted by atomic mass is 10.1. The molecule has 0 radical (unpaired) electrons. The van der Waals surface area contributed by atoms with E-state index < -0.39 is 11.8 Å². The van der Waals surface area contributed by atoms with E-state index in [0.717, 1.165) is 5.06 Å². The van der Waals surface area contributed by atoms with Crippen LogP contribution in [0.5, 0.6) is 5.75 Å². The van der Waals surface area contributed by atoms with Crippen LogP contribution in [0.3, 0.4) is 0 Å². The SMILES string of the molecule is O=C1c2ccccc2C(=O)N1OCCOc1ccccc1Cl. The minimum Gasteiger partial charge on any atom is -0.490 e. The molecule has 6 heteroatoms. The molecular formula is C16H12ClNO4. The van der Waals surface area contributed by atoms with Gasteiger partial charge in [0.1, 0.15) is 19.0 Å². The maximum atomic E-state index is 12.0. The Balaban J connectivity index is 1.56. The third-order valence-corrected chi connectivity index (χ3v) is 3.47. The van der Waals surface area contributed by atoms with Crippen molar-refractivity contribution in [3.63, 3.8) is 0 Å². The Labute approximate surface area is 132 Å². The van der Waals surface area contributed by atoms with Crippen LogP contribution in [0.4, 0.5) is 0 Å². The van der Waals surface area contributed by atoms with Crippen molar-refractivity contribution in [2.75, 3.05) is 13.2 Å². The summed E-state index contributed by atoms with van der Waals surface area (Å²) < 4.78 is 5.44. The van der Waals surface area contributed by atoms with E-state index >= 15 is 0 Å². The minimum absolute atomic E-state index is 0.0523. The molecule has 2 aromatic carbocycles. The lowest BCUT2D eigenvalue weighted by molar-refractivity contribution is -0.0976. The predicted molar refractivity (Wildman–Crippen MR) is 79.8 cm³/mol. The predicted octanol–water partition coefficient (Wildman–Crippen LogP) is 2.95. The molecule has 1 heterocycles. The molecular weight excluding hydrogens is 306 g/mol. The van der Waals surface area contributed by atoms with E-state index in [4.69, 9.17) is 21.2 Å². The number of amides is 2. The number of carbonyl (C=O) groups excluding carboxylic acids is 2. The first-order valence-corrected chi connectivity index (χ1v) is 7.04. The second kappa shape index (κ2) is 6.17. The fourth-order valence-electron chi connectivity index (χ4n) is 2.13. The number of halogens is 1. The molecule has 0 saturated carbocycles. The number of para-hydroxylation sites is 1. The Hall–Kier alpha value is -2.37. The smallest absolute Gasteiger partial charge is 0.285 e. The Morgan fingerprint density at radius 3 is 2.09 bits per heavy atom. The summed E-state index contributed by atoms with van der Waals surface area (Å²) in [5, 5.41) is 1.25. The van der Waals surface area contributed by atoms with Crippen molar-refractivity contribution < 1.29 is 19.2 Å². The van der Waals surface area contributed by atoms with E-state index in [1.165, 1.54) is 0 Å². The van der Waals surface area contributed by atoms with Gasteiger partial charge >= 0.3 is 0 Å². The number of ether oxygens (including phenoxy) is 1. The van der Waals surface area contributed by atoms with Gasteiger partial charge < -0.3 is 4.74 Å². The quantitative estimate of drug-likeness (QED) is 0.628. The zero-order valence-corrected chi connectivity index (χ0v) is 12.2. The van der Waals surface area contributed by atoms with Crippen molar-refractivity contribution in [1.29, 1.82) is 0 Å². The Kier molecular flexibility index (Phi) is 4.09.